The van der Waals surface area contributed by atoms with Gasteiger partial charge in [-0.3, -0.25) is 9.59 Å². The molecule has 0 saturated heterocycles. The summed E-state index contributed by atoms with van der Waals surface area (Å²) in [5, 5.41) is 14.2. The van der Waals surface area contributed by atoms with E-state index >= 15 is 0 Å². The van der Waals surface area contributed by atoms with Crippen molar-refractivity contribution in [3.05, 3.63) is 89.1 Å². The number of aromatic nitrogens is 2. The Morgan fingerprint density at radius 2 is 1.87 bits per heavy atom. The molecule has 2 N–H and O–H groups in total. The Kier molecular flexibility index (Phi) is 6.23. The number of nitriles is 1. The fourth-order valence-electron chi connectivity index (χ4n) is 2.63. The van der Waals surface area contributed by atoms with Crippen molar-refractivity contribution in [2.24, 2.45) is 0 Å². The second-order valence-corrected chi connectivity index (χ2v) is 7.20. The summed E-state index contributed by atoms with van der Waals surface area (Å²) in [4.78, 5) is 33.1. The minimum atomic E-state index is -0.986. The van der Waals surface area contributed by atoms with Crippen LogP contribution >= 0.6 is 0 Å². The molecule has 8 heteroatoms. The SMILES string of the molecule is CC(C)(C(=O)Nc1cc(C(=O)NCc2ccc(F)cc2)ncn1)c1c#cc(C#N)cc1. The van der Waals surface area contributed by atoms with Gasteiger partial charge >= 0.3 is 0 Å². The number of nitrogens with zero attached hydrogens (tertiary/aromatic N) is 3. The van der Waals surface area contributed by atoms with Gasteiger partial charge in [-0.15, -0.1) is 0 Å². The standard InChI is InChI=1S/C23H18FN5O2/c1-23(2,17-7-3-15(12-25)4-8-17)22(31)29-20-11-19(27-14-28-20)21(30)26-13-16-5-9-18(24)10-6-16/h3,5-7,9-11,14H,13H2,1-2H3,(H,26,30)(H,27,28,29,31). The van der Waals surface area contributed by atoms with Gasteiger partial charge in [0.15, 0.2) is 0 Å². The summed E-state index contributed by atoms with van der Waals surface area (Å²) in [7, 11) is 0. The number of hydrogen-bond donors (Lipinski definition) is 2. The number of carbonyl (C=O) groups is 2. The molecular weight excluding hydrogens is 397 g/mol. The van der Waals surface area contributed by atoms with E-state index in [1.807, 2.05) is 6.07 Å². The van der Waals surface area contributed by atoms with E-state index in [-0.39, 0.29) is 29.8 Å². The van der Waals surface area contributed by atoms with Gasteiger partial charge < -0.3 is 10.6 Å². The molecule has 1 aromatic heterocycles. The molecule has 3 rings (SSSR count). The summed E-state index contributed by atoms with van der Waals surface area (Å²) in [6, 6.07) is 17.8. The number of carbonyl (C=O) groups excluding carboxylic acids is 2. The summed E-state index contributed by atoms with van der Waals surface area (Å²) >= 11 is 0. The molecule has 31 heavy (non-hydrogen) atoms. The van der Waals surface area contributed by atoms with E-state index in [0.717, 1.165) is 5.56 Å². The topological polar surface area (TPSA) is 108 Å². The molecule has 0 saturated carbocycles. The van der Waals surface area contributed by atoms with Crippen LogP contribution in [0.5, 0.6) is 0 Å². The summed E-state index contributed by atoms with van der Waals surface area (Å²) in [6.45, 7) is 3.60. The van der Waals surface area contributed by atoms with Crippen LogP contribution in [0.2, 0.25) is 0 Å². The number of rotatable bonds is 6. The molecule has 3 aromatic rings. The second-order valence-electron chi connectivity index (χ2n) is 7.20. The van der Waals surface area contributed by atoms with Gasteiger partial charge in [-0.1, -0.05) is 24.3 Å². The molecule has 0 atom stereocenters. The predicted octanol–water partition coefficient (Wildman–Crippen LogP) is 2.93. The van der Waals surface area contributed by atoms with Crippen molar-refractivity contribution in [2.75, 3.05) is 5.32 Å². The van der Waals surface area contributed by atoms with Gasteiger partial charge in [-0.05, 0) is 43.7 Å². The van der Waals surface area contributed by atoms with Crippen molar-refractivity contribution < 1.29 is 14.0 Å². The third-order valence-corrected chi connectivity index (χ3v) is 4.62. The highest BCUT2D eigenvalue weighted by Gasteiger charge is 2.30. The van der Waals surface area contributed by atoms with Crippen LogP contribution in [-0.4, -0.2) is 21.8 Å². The van der Waals surface area contributed by atoms with Crippen LogP contribution in [0.15, 0.2) is 48.8 Å². The number of anilines is 1. The molecule has 0 unspecified atom stereocenters. The smallest absolute Gasteiger partial charge is 0.270 e. The van der Waals surface area contributed by atoms with Gasteiger partial charge in [0.2, 0.25) is 5.91 Å². The quantitative estimate of drug-likeness (QED) is 0.644. The Hall–Kier alpha value is -4.30. The Balaban J connectivity index is 1.67. The predicted molar refractivity (Wildman–Crippen MR) is 110 cm³/mol. The van der Waals surface area contributed by atoms with E-state index < -0.39 is 11.3 Å². The van der Waals surface area contributed by atoms with Crippen LogP contribution in [0.25, 0.3) is 0 Å². The first-order valence-corrected chi connectivity index (χ1v) is 9.30. The summed E-state index contributed by atoms with van der Waals surface area (Å²) in [5.74, 6) is -1.03. The van der Waals surface area contributed by atoms with Gasteiger partial charge in [-0.2, -0.15) is 5.26 Å². The molecule has 0 aliphatic heterocycles. The van der Waals surface area contributed by atoms with Gasteiger partial charge in [-0.25, -0.2) is 14.4 Å². The number of halogens is 1. The van der Waals surface area contributed by atoms with Crippen LogP contribution in [0, 0.1) is 29.3 Å². The number of amides is 2. The summed E-state index contributed by atoms with van der Waals surface area (Å²) < 4.78 is 13.0. The first-order chi connectivity index (χ1) is 14.8. The maximum Gasteiger partial charge on any atom is 0.270 e. The van der Waals surface area contributed by atoms with Gasteiger partial charge in [0, 0.05) is 18.2 Å². The molecule has 2 amide bonds. The molecule has 0 aliphatic carbocycles. The fourth-order valence-corrected chi connectivity index (χ4v) is 2.63. The third kappa shape index (κ3) is 5.20. The highest BCUT2D eigenvalue weighted by molar-refractivity contribution is 5.99. The number of nitrogens with one attached hydrogen (secondary N) is 2. The Labute approximate surface area is 179 Å². The van der Waals surface area contributed by atoms with Crippen molar-refractivity contribution in [3.8, 4) is 6.07 Å². The van der Waals surface area contributed by atoms with Crippen LogP contribution in [0.3, 0.4) is 0 Å². The molecule has 1 heterocycles. The first-order valence-electron chi connectivity index (χ1n) is 9.30. The zero-order valence-corrected chi connectivity index (χ0v) is 16.9. The molecule has 0 bridgehead atoms. The van der Waals surface area contributed by atoms with Gasteiger partial charge in [0.05, 0.1) is 5.41 Å². The molecule has 0 fully saturated rings. The summed E-state index contributed by atoms with van der Waals surface area (Å²) in [6.07, 6.45) is 1.18. The second kappa shape index (κ2) is 9.02. The summed E-state index contributed by atoms with van der Waals surface area (Å²) in [5.41, 5.74) is 0.695. The number of benzene rings is 1. The maximum absolute atomic E-state index is 13.0. The average Bonchev–Trinajstić information content (AvgIpc) is 2.78. The fraction of sp³-hybridized carbons (Fsp3) is 0.174. The highest BCUT2D eigenvalue weighted by atomic mass is 19.1. The molecule has 2 aromatic carbocycles. The molecule has 7 nitrogen and oxygen atoms in total. The largest absolute Gasteiger partial charge is 0.347 e. The van der Waals surface area contributed by atoms with Gasteiger partial charge in [0.1, 0.15) is 35.3 Å². The van der Waals surface area contributed by atoms with E-state index in [9.17, 15) is 14.0 Å². The molecular formula is C23H18FN5O2. The zero-order chi connectivity index (χ0) is 22.4. The van der Waals surface area contributed by atoms with E-state index in [2.05, 4.69) is 32.7 Å². The lowest BCUT2D eigenvalue weighted by Crippen LogP contribution is -2.35. The third-order valence-electron chi connectivity index (χ3n) is 4.62. The van der Waals surface area contributed by atoms with Crippen molar-refractivity contribution in [2.45, 2.75) is 25.8 Å². The van der Waals surface area contributed by atoms with Gasteiger partial charge in [0.25, 0.3) is 5.91 Å². The van der Waals surface area contributed by atoms with E-state index in [4.69, 9.17) is 5.26 Å². The lowest BCUT2D eigenvalue weighted by molar-refractivity contribution is -0.120. The average molecular weight is 415 g/mol. The van der Waals surface area contributed by atoms with Crippen molar-refractivity contribution in [1.82, 2.24) is 15.3 Å². The maximum atomic E-state index is 13.0. The normalized spacial score (nSPS) is 10.5. The van der Waals surface area contributed by atoms with Crippen LogP contribution in [0.1, 0.15) is 41.0 Å². The molecule has 0 radical (unpaired) electrons. The minimum absolute atomic E-state index is 0.0727. The molecule has 154 valence electrons. The van der Waals surface area contributed by atoms with Crippen LogP contribution in [-0.2, 0) is 16.8 Å². The Morgan fingerprint density at radius 1 is 1.13 bits per heavy atom. The Morgan fingerprint density at radius 3 is 2.52 bits per heavy atom. The first kappa shape index (κ1) is 21.4. The van der Waals surface area contributed by atoms with E-state index in [1.165, 1.54) is 24.5 Å². The highest BCUT2D eigenvalue weighted by Crippen LogP contribution is 2.23. The van der Waals surface area contributed by atoms with Crippen molar-refractivity contribution >= 4 is 17.6 Å². The van der Waals surface area contributed by atoms with E-state index in [0.29, 0.717) is 11.1 Å². The van der Waals surface area contributed by atoms with E-state index in [1.54, 1.807) is 38.1 Å². The minimum Gasteiger partial charge on any atom is -0.347 e. The molecule has 0 aliphatic rings. The van der Waals surface area contributed by atoms with Crippen molar-refractivity contribution in [3.63, 3.8) is 0 Å². The molecule has 0 spiro atoms. The van der Waals surface area contributed by atoms with Crippen molar-refractivity contribution in [1.29, 1.82) is 5.26 Å². The van der Waals surface area contributed by atoms with Crippen LogP contribution < -0.4 is 10.6 Å². The monoisotopic (exact) mass is 415 g/mol. The van der Waals surface area contributed by atoms with Crippen LogP contribution in [0.4, 0.5) is 10.2 Å². The lowest BCUT2D eigenvalue weighted by atomic mass is 9.84. The number of hydrogen-bond acceptors (Lipinski definition) is 5. The lowest BCUT2D eigenvalue weighted by Gasteiger charge is -2.22. The Bertz CT molecular complexity index is 1140. The zero-order valence-electron chi connectivity index (χ0n) is 16.9.